The van der Waals surface area contributed by atoms with E-state index in [0.717, 1.165) is 18.7 Å². The molecule has 0 fully saturated rings. The molecule has 1 atom stereocenters. The van der Waals surface area contributed by atoms with Gasteiger partial charge in [0.05, 0.1) is 11.8 Å². The van der Waals surface area contributed by atoms with Gasteiger partial charge in [0, 0.05) is 18.8 Å². The van der Waals surface area contributed by atoms with Crippen molar-refractivity contribution >= 4 is 0 Å². The molecule has 0 saturated carbocycles. The van der Waals surface area contributed by atoms with Gasteiger partial charge in [0.15, 0.2) is 0 Å². The molecule has 1 aromatic carbocycles. The highest BCUT2D eigenvalue weighted by molar-refractivity contribution is 5.38. The van der Waals surface area contributed by atoms with Gasteiger partial charge >= 0.3 is 0 Å². The van der Waals surface area contributed by atoms with E-state index in [1.165, 1.54) is 6.07 Å². The molecule has 1 N–H and O–H groups in total. The lowest BCUT2D eigenvalue weighted by Crippen LogP contribution is -2.04. The third-order valence-electron chi connectivity index (χ3n) is 2.90. The second kappa shape index (κ2) is 5.31. The summed E-state index contributed by atoms with van der Waals surface area (Å²) >= 11 is 0. The first-order valence-electron chi connectivity index (χ1n) is 6.13. The second-order valence-corrected chi connectivity index (χ2v) is 4.35. The van der Waals surface area contributed by atoms with Crippen LogP contribution in [0.25, 0.3) is 5.69 Å². The quantitative estimate of drug-likeness (QED) is 0.903. The van der Waals surface area contributed by atoms with Crippen molar-refractivity contribution in [2.75, 3.05) is 0 Å². The first-order chi connectivity index (χ1) is 8.63. The Bertz CT molecular complexity index is 534. The summed E-state index contributed by atoms with van der Waals surface area (Å²) in [7, 11) is 0. The number of imidazole rings is 1. The van der Waals surface area contributed by atoms with Crippen LogP contribution in [0.2, 0.25) is 0 Å². The van der Waals surface area contributed by atoms with E-state index in [-0.39, 0.29) is 5.82 Å². The van der Waals surface area contributed by atoms with Gasteiger partial charge in [-0.3, -0.25) is 0 Å². The van der Waals surface area contributed by atoms with Crippen molar-refractivity contribution in [3.8, 4) is 5.69 Å². The van der Waals surface area contributed by atoms with Crippen molar-refractivity contribution in [1.82, 2.24) is 9.55 Å². The summed E-state index contributed by atoms with van der Waals surface area (Å²) in [6.45, 7) is 3.68. The van der Waals surface area contributed by atoms with E-state index in [1.54, 1.807) is 36.0 Å². The van der Waals surface area contributed by atoms with Gasteiger partial charge in [-0.15, -0.1) is 0 Å². The van der Waals surface area contributed by atoms with E-state index < -0.39 is 6.10 Å². The predicted molar refractivity (Wildman–Crippen MR) is 68.2 cm³/mol. The van der Waals surface area contributed by atoms with Gasteiger partial charge < -0.3 is 9.67 Å². The van der Waals surface area contributed by atoms with Gasteiger partial charge in [-0.05, 0) is 31.0 Å². The van der Waals surface area contributed by atoms with Crippen LogP contribution in [-0.2, 0) is 6.42 Å². The molecule has 0 aliphatic carbocycles. The molecule has 0 unspecified atom stereocenters. The number of rotatable bonds is 4. The maximum absolute atomic E-state index is 14.0. The first kappa shape index (κ1) is 12.8. The van der Waals surface area contributed by atoms with Crippen molar-refractivity contribution in [3.63, 3.8) is 0 Å². The number of halogens is 1. The topological polar surface area (TPSA) is 38.0 Å². The van der Waals surface area contributed by atoms with E-state index in [9.17, 15) is 9.50 Å². The van der Waals surface area contributed by atoms with Crippen molar-refractivity contribution in [2.45, 2.75) is 32.8 Å². The number of aryl methyl sites for hydroxylation is 1. The third-order valence-corrected chi connectivity index (χ3v) is 2.90. The lowest BCUT2D eigenvalue weighted by Gasteiger charge is -2.11. The zero-order valence-electron chi connectivity index (χ0n) is 10.6. The zero-order chi connectivity index (χ0) is 13.1. The van der Waals surface area contributed by atoms with Crippen LogP contribution in [0.1, 0.15) is 37.8 Å². The van der Waals surface area contributed by atoms with Gasteiger partial charge in [-0.25, -0.2) is 9.37 Å². The molecule has 0 saturated heterocycles. The Labute approximate surface area is 106 Å². The molecule has 0 aliphatic rings. The van der Waals surface area contributed by atoms with Crippen LogP contribution in [0.4, 0.5) is 4.39 Å². The van der Waals surface area contributed by atoms with E-state index in [4.69, 9.17) is 0 Å². The number of nitrogens with zero attached hydrogens (tertiary/aromatic N) is 2. The monoisotopic (exact) mass is 248 g/mol. The Balaban J connectivity index is 2.41. The highest BCUT2D eigenvalue weighted by Gasteiger charge is 2.11. The highest BCUT2D eigenvalue weighted by atomic mass is 19.1. The lowest BCUT2D eigenvalue weighted by atomic mass is 10.1. The van der Waals surface area contributed by atoms with Gasteiger partial charge in [-0.1, -0.05) is 13.0 Å². The van der Waals surface area contributed by atoms with Crippen molar-refractivity contribution in [2.24, 2.45) is 0 Å². The minimum Gasteiger partial charge on any atom is -0.389 e. The lowest BCUT2D eigenvalue weighted by molar-refractivity contribution is 0.199. The van der Waals surface area contributed by atoms with E-state index in [1.807, 2.05) is 0 Å². The smallest absolute Gasteiger partial charge is 0.147 e. The van der Waals surface area contributed by atoms with Crippen LogP contribution >= 0.6 is 0 Å². The zero-order valence-corrected chi connectivity index (χ0v) is 10.6. The second-order valence-electron chi connectivity index (χ2n) is 4.35. The number of aromatic nitrogens is 2. The number of benzene rings is 1. The van der Waals surface area contributed by atoms with E-state index >= 15 is 0 Å². The summed E-state index contributed by atoms with van der Waals surface area (Å²) in [4.78, 5) is 4.23. The fourth-order valence-corrected chi connectivity index (χ4v) is 1.94. The molecule has 18 heavy (non-hydrogen) atoms. The third kappa shape index (κ3) is 2.43. The number of hydrogen-bond acceptors (Lipinski definition) is 2. The summed E-state index contributed by atoms with van der Waals surface area (Å²) in [6, 6.07) is 4.78. The predicted octanol–water partition coefficient (Wildman–Crippen LogP) is 3.02. The molecule has 2 rings (SSSR count). The van der Waals surface area contributed by atoms with Crippen LogP contribution in [0.5, 0.6) is 0 Å². The number of aliphatic hydroxyl groups excluding tert-OH is 1. The Hall–Kier alpha value is -1.68. The normalized spacial score (nSPS) is 12.7. The van der Waals surface area contributed by atoms with Crippen LogP contribution in [0.15, 0.2) is 30.6 Å². The van der Waals surface area contributed by atoms with E-state index in [2.05, 4.69) is 11.9 Å². The summed E-state index contributed by atoms with van der Waals surface area (Å²) in [5, 5.41) is 9.42. The molecule has 96 valence electrons. The molecule has 0 amide bonds. The summed E-state index contributed by atoms with van der Waals surface area (Å²) in [5.41, 5.74) is 1.05. The van der Waals surface area contributed by atoms with Crippen LogP contribution in [-0.4, -0.2) is 14.7 Å². The van der Waals surface area contributed by atoms with Crippen molar-refractivity contribution in [1.29, 1.82) is 0 Å². The van der Waals surface area contributed by atoms with Crippen LogP contribution < -0.4 is 0 Å². The fraction of sp³-hybridized carbons (Fsp3) is 0.357. The Kier molecular flexibility index (Phi) is 3.77. The average molecular weight is 248 g/mol. The molecule has 2 aromatic rings. The number of aliphatic hydroxyl groups is 1. The molecule has 0 spiro atoms. The van der Waals surface area contributed by atoms with Gasteiger partial charge in [0.1, 0.15) is 11.6 Å². The average Bonchev–Trinajstić information content (AvgIpc) is 2.77. The van der Waals surface area contributed by atoms with Gasteiger partial charge in [0.2, 0.25) is 0 Å². The van der Waals surface area contributed by atoms with Crippen LogP contribution in [0.3, 0.4) is 0 Å². The Morgan fingerprint density at radius 2 is 2.22 bits per heavy atom. The SMILES string of the molecule is CCCc1nccn1-c1ccc([C@H](C)O)cc1F. The Morgan fingerprint density at radius 1 is 1.44 bits per heavy atom. The Morgan fingerprint density at radius 3 is 2.83 bits per heavy atom. The summed E-state index contributed by atoms with van der Waals surface area (Å²) < 4.78 is 15.8. The molecule has 0 radical (unpaired) electrons. The molecule has 0 aliphatic heterocycles. The van der Waals surface area contributed by atoms with Crippen molar-refractivity contribution in [3.05, 3.63) is 47.8 Å². The minimum atomic E-state index is -0.661. The molecular formula is C14H17FN2O. The molecule has 1 heterocycles. The standard InChI is InChI=1S/C14H17FN2O/c1-3-4-14-16-7-8-17(14)13-6-5-11(10(2)18)9-12(13)15/h5-10,18H,3-4H2,1-2H3/t10-/m0/s1. The summed E-state index contributed by atoms with van der Waals surface area (Å²) in [5.74, 6) is 0.505. The minimum absolute atomic E-state index is 0.344. The largest absolute Gasteiger partial charge is 0.389 e. The maximum atomic E-state index is 14.0. The molecule has 4 heteroatoms. The molecule has 3 nitrogen and oxygen atoms in total. The van der Waals surface area contributed by atoms with Crippen molar-refractivity contribution < 1.29 is 9.50 Å². The summed E-state index contributed by atoms with van der Waals surface area (Å²) in [6.07, 6.45) is 4.54. The first-order valence-corrected chi connectivity index (χ1v) is 6.13. The molecule has 0 bridgehead atoms. The van der Waals surface area contributed by atoms with E-state index in [0.29, 0.717) is 11.3 Å². The fourth-order valence-electron chi connectivity index (χ4n) is 1.94. The molecule has 1 aromatic heterocycles. The van der Waals surface area contributed by atoms with Gasteiger partial charge in [0.25, 0.3) is 0 Å². The molecular weight excluding hydrogens is 231 g/mol. The maximum Gasteiger partial charge on any atom is 0.147 e. The highest BCUT2D eigenvalue weighted by Crippen LogP contribution is 2.20. The van der Waals surface area contributed by atoms with Gasteiger partial charge in [-0.2, -0.15) is 0 Å². The number of hydrogen-bond donors (Lipinski definition) is 1. The van der Waals surface area contributed by atoms with Crippen LogP contribution in [0, 0.1) is 5.82 Å².